The van der Waals surface area contributed by atoms with Crippen LogP contribution in [0, 0.1) is 0 Å². The maximum Gasteiger partial charge on any atom is 0.319 e. The van der Waals surface area contributed by atoms with Crippen LogP contribution in [0.4, 0.5) is 22.0 Å². The molecule has 0 atom stereocenters. The maximum atomic E-state index is 12.6. The SMILES string of the molecule is CCNC(=O)Nc1cccc(NC(=O)c2ccc3c(NC)ncnc3c2)c1. The van der Waals surface area contributed by atoms with E-state index in [1.807, 2.05) is 13.0 Å². The molecule has 0 spiro atoms. The van der Waals surface area contributed by atoms with Crippen LogP contribution in [0.3, 0.4) is 0 Å². The van der Waals surface area contributed by atoms with Gasteiger partial charge in [-0.3, -0.25) is 4.79 Å². The van der Waals surface area contributed by atoms with Gasteiger partial charge in [0.25, 0.3) is 5.91 Å². The van der Waals surface area contributed by atoms with Crippen molar-refractivity contribution in [2.45, 2.75) is 6.92 Å². The van der Waals surface area contributed by atoms with Crippen LogP contribution in [0.1, 0.15) is 17.3 Å². The van der Waals surface area contributed by atoms with Crippen LogP contribution >= 0.6 is 0 Å². The Labute approximate surface area is 156 Å². The van der Waals surface area contributed by atoms with Gasteiger partial charge in [-0.25, -0.2) is 14.8 Å². The molecule has 4 N–H and O–H groups in total. The molecule has 138 valence electrons. The van der Waals surface area contributed by atoms with Crippen molar-refractivity contribution in [3.8, 4) is 0 Å². The molecule has 0 aliphatic carbocycles. The van der Waals surface area contributed by atoms with Gasteiger partial charge in [0.2, 0.25) is 0 Å². The summed E-state index contributed by atoms with van der Waals surface area (Å²) in [6.07, 6.45) is 1.45. The minimum atomic E-state index is -0.296. The van der Waals surface area contributed by atoms with E-state index in [0.29, 0.717) is 34.8 Å². The number of rotatable bonds is 5. The lowest BCUT2D eigenvalue weighted by Gasteiger charge is -2.10. The van der Waals surface area contributed by atoms with E-state index in [1.54, 1.807) is 43.4 Å². The van der Waals surface area contributed by atoms with Gasteiger partial charge in [0, 0.05) is 35.9 Å². The number of fused-ring (bicyclic) bond motifs is 1. The second-order valence-corrected chi connectivity index (χ2v) is 5.72. The van der Waals surface area contributed by atoms with Gasteiger partial charge in [0.1, 0.15) is 12.1 Å². The fourth-order valence-corrected chi connectivity index (χ4v) is 2.61. The van der Waals surface area contributed by atoms with Gasteiger partial charge in [-0.05, 0) is 43.3 Å². The van der Waals surface area contributed by atoms with Gasteiger partial charge in [0.05, 0.1) is 5.52 Å². The smallest absolute Gasteiger partial charge is 0.319 e. The number of hydrogen-bond acceptors (Lipinski definition) is 5. The molecule has 2 aromatic carbocycles. The lowest BCUT2D eigenvalue weighted by atomic mass is 10.1. The molecule has 8 heteroatoms. The minimum absolute atomic E-state index is 0.267. The molecule has 0 saturated heterocycles. The van der Waals surface area contributed by atoms with Gasteiger partial charge < -0.3 is 21.3 Å². The van der Waals surface area contributed by atoms with Crippen molar-refractivity contribution in [3.05, 3.63) is 54.4 Å². The molecule has 0 fully saturated rings. The Morgan fingerprint density at radius 1 is 1.00 bits per heavy atom. The highest BCUT2D eigenvalue weighted by Crippen LogP contribution is 2.21. The molecular formula is C19H20N6O2. The van der Waals surface area contributed by atoms with E-state index in [0.717, 1.165) is 5.39 Å². The van der Waals surface area contributed by atoms with Crippen LogP contribution in [0.15, 0.2) is 48.8 Å². The number of amides is 3. The summed E-state index contributed by atoms with van der Waals surface area (Å²) in [5.74, 6) is 0.438. The summed E-state index contributed by atoms with van der Waals surface area (Å²) >= 11 is 0. The fraction of sp³-hybridized carbons (Fsp3) is 0.158. The average Bonchev–Trinajstić information content (AvgIpc) is 2.67. The number of benzene rings is 2. The first kappa shape index (κ1) is 18.1. The molecule has 0 aliphatic rings. The van der Waals surface area contributed by atoms with Crippen LogP contribution in [-0.4, -0.2) is 35.5 Å². The van der Waals surface area contributed by atoms with Gasteiger partial charge in [-0.15, -0.1) is 0 Å². The van der Waals surface area contributed by atoms with E-state index in [9.17, 15) is 9.59 Å². The third kappa shape index (κ3) is 4.30. The Hall–Kier alpha value is -3.68. The summed E-state index contributed by atoms with van der Waals surface area (Å²) in [6.45, 7) is 2.37. The van der Waals surface area contributed by atoms with E-state index in [4.69, 9.17) is 0 Å². The largest absolute Gasteiger partial charge is 0.373 e. The maximum absolute atomic E-state index is 12.6. The number of hydrogen-bond donors (Lipinski definition) is 4. The summed E-state index contributed by atoms with van der Waals surface area (Å²) in [7, 11) is 1.78. The molecule has 0 aliphatic heterocycles. The summed E-state index contributed by atoms with van der Waals surface area (Å²) in [4.78, 5) is 32.6. The standard InChI is InChI=1S/C19H20N6O2/c1-3-21-19(27)25-14-6-4-5-13(10-14)24-18(26)12-7-8-15-16(9-12)22-11-23-17(15)20-2/h4-11H,3H2,1-2H3,(H,24,26)(H,20,22,23)(H2,21,25,27). The highest BCUT2D eigenvalue weighted by atomic mass is 16.2. The van der Waals surface area contributed by atoms with Crippen LogP contribution < -0.4 is 21.3 Å². The molecule has 1 aromatic heterocycles. The molecule has 8 nitrogen and oxygen atoms in total. The van der Waals surface area contributed by atoms with Gasteiger partial charge in [-0.2, -0.15) is 0 Å². The molecular weight excluding hydrogens is 344 g/mol. The Morgan fingerprint density at radius 2 is 1.78 bits per heavy atom. The van der Waals surface area contributed by atoms with Gasteiger partial charge in [0.15, 0.2) is 0 Å². The third-order valence-corrected chi connectivity index (χ3v) is 3.85. The van der Waals surface area contributed by atoms with Crippen molar-refractivity contribution < 1.29 is 9.59 Å². The monoisotopic (exact) mass is 364 g/mol. The summed E-state index contributed by atoms with van der Waals surface area (Å²) < 4.78 is 0. The van der Waals surface area contributed by atoms with E-state index in [2.05, 4.69) is 31.2 Å². The topological polar surface area (TPSA) is 108 Å². The van der Waals surface area contributed by atoms with Gasteiger partial charge in [-0.1, -0.05) is 6.07 Å². The summed E-state index contributed by atoms with van der Waals surface area (Å²) in [6, 6.07) is 11.9. The predicted molar refractivity (Wildman–Crippen MR) is 106 cm³/mol. The molecule has 0 saturated carbocycles. The Morgan fingerprint density at radius 3 is 2.52 bits per heavy atom. The first-order chi connectivity index (χ1) is 13.1. The quantitative estimate of drug-likeness (QED) is 0.556. The molecule has 3 rings (SSSR count). The van der Waals surface area contributed by atoms with Crippen molar-refractivity contribution in [3.63, 3.8) is 0 Å². The van der Waals surface area contributed by atoms with Crippen LogP contribution in [-0.2, 0) is 0 Å². The van der Waals surface area contributed by atoms with E-state index >= 15 is 0 Å². The fourth-order valence-electron chi connectivity index (χ4n) is 2.61. The molecule has 0 unspecified atom stereocenters. The van der Waals surface area contributed by atoms with Crippen molar-refractivity contribution in [2.75, 3.05) is 29.5 Å². The Bertz CT molecular complexity index is 989. The molecule has 0 bridgehead atoms. The molecule has 1 heterocycles. The number of urea groups is 1. The first-order valence-electron chi connectivity index (χ1n) is 8.49. The van der Waals surface area contributed by atoms with Crippen molar-refractivity contribution in [1.29, 1.82) is 0 Å². The zero-order valence-corrected chi connectivity index (χ0v) is 15.0. The lowest BCUT2D eigenvalue weighted by molar-refractivity contribution is 0.102. The number of nitrogens with zero attached hydrogens (tertiary/aromatic N) is 2. The second kappa shape index (κ2) is 8.13. The Balaban J connectivity index is 1.77. The highest BCUT2D eigenvalue weighted by molar-refractivity contribution is 6.07. The van der Waals surface area contributed by atoms with Crippen molar-refractivity contribution in [2.24, 2.45) is 0 Å². The van der Waals surface area contributed by atoms with E-state index in [-0.39, 0.29) is 11.9 Å². The third-order valence-electron chi connectivity index (χ3n) is 3.85. The normalized spacial score (nSPS) is 10.3. The first-order valence-corrected chi connectivity index (χ1v) is 8.49. The number of nitrogens with one attached hydrogen (secondary N) is 4. The van der Waals surface area contributed by atoms with Crippen molar-refractivity contribution in [1.82, 2.24) is 15.3 Å². The molecule has 27 heavy (non-hydrogen) atoms. The minimum Gasteiger partial charge on any atom is -0.373 e. The van der Waals surface area contributed by atoms with Crippen LogP contribution in [0.25, 0.3) is 10.9 Å². The zero-order chi connectivity index (χ0) is 19.2. The zero-order valence-electron chi connectivity index (χ0n) is 15.0. The van der Waals surface area contributed by atoms with E-state index < -0.39 is 0 Å². The second-order valence-electron chi connectivity index (χ2n) is 5.72. The lowest BCUT2D eigenvalue weighted by Crippen LogP contribution is -2.28. The van der Waals surface area contributed by atoms with Crippen molar-refractivity contribution >= 4 is 40.0 Å². The highest BCUT2D eigenvalue weighted by Gasteiger charge is 2.10. The number of carbonyl (C=O) groups is 2. The molecule has 3 amide bonds. The predicted octanol–water partition coefficient (Wildman–Crippen LogP) is 3.07. The van der Waals surface area contributed by atoms with Crippen LogP contribution in [0.2, 0.25) is 0 Å². The number of carbonyl (C=O) groups excluding carboxylic acids is 2. The van der Waals surface area contributed by atoms with Crippen LogP contribution in [0.5, 0.6) is 0 Å². The van der Waals surface area contributed by atoms with Gasteiger partial charge >= 0.3 is 6.03 Å². The summed E-state index contributed by atoms with van der Waals surface area (Å²) in [5, 5.41) is 12.0. The number of aromatic nitrogens is 2. The Kier molecular flexibility index (Phi) is 5.46. The molecule has 3 aromatic rings. The summed E-state index contributed by atoms with van der Waals surface area (Å²) in [5.41, 5.74) is 2.32. The average molecular weight is 364 g/mol. The van der Waals surface area contributed by atoms with E-state index in [1.165, 1.54) is 6.33 Å². The molecule has 0 radical (unpaired) electrons. The number of anilines is 3.